The van der Waals surface area contributed by atoms with Crippen LogP contribution < -0.4 is 5.73 Å². The molecule has 0 radical (unpaired) electrons. The fourth-order valence-electron chi connectivity index (χ4n) is 2.89. The van der Waals surface area contributed by atoms with Crippen molar-refractivity contribution in [3.63, 3.8) is 0 Å². The minimum atomic E-state index is -5.31. The number of nitrogens with two attached hydrogens (primary N) is 1. The van der Waals surface area contributed by atoms with Gasteiger partial charge in [-0.3, -0.25) is 10.1 Å². The van der Waals surface area contributed by atoms with Gasteiger partial charge < -0.3 is 5.73 Å². The predicted octanol–water partition coefficient (Wildman–Crippen LogP) is 4.34. The molecular weight excluding hydrogens is 468 g/mol. The Hall–Kier alpha value is -2.71. The van der Waals surface area contributed by atoms with Gasteiger partial charge in [0.2, 0.25) is 10.0 Å². The van der Waals surface area contributed by atoms with Gasteiger partial charge in [-0.25, -0.2) is 8.42 Å². The van der Waals surface area contributed by atoms with Gasteiger partial charge in [-0.1, -0.05) is 13.0 Å². The molecule has 0 saturated carbocycles. The van der Waals surface area contributed by atoms with Crippen LogP contribution in [0.1, 0.15) is 29.7 Å². The van der Waals surface area contributed by atoms with Crippen LogP contribution >= 0.6 is 0 Å². The van der Waals surface area contributed by atoms with Crippen LogP contribution in [0.5, 0.6) is 0 Å². The topological polar surface area (TPSA) is 107 Å². The summed E-state index contributed by atoms with van der Waals surface area (Å²) in [7, 11) is -4.24. The number of hydrogen-bond donors (Lipinski definition) is 1. The van der Waals surface area contributed by atoms with Crippen molar-refractivity contribution in [1.82, 2.24) is 4.31 Å². The lowest BCUT2D eigenvalue weighted by molar-refractivity contribution is -0.384. The van der Waals surface area contributed by atoms with Crippen LogP contribution in [0.15, 0.2) is 47.4 Å². The van der Waals surface area contributed by atoms with Gasteiger partial charge in [0, 0.05) is 31.3 Å². The molecule has 0 aliphatic rings. The van der Waals surface area contributed by atoms with E-state index in [1.807, 2.05) is 0 Å². The van der Waals surface area contributed by atoms with E-state index in [4.69, 9.17) is 5.73 Å². The van der Waals surface area contributed by atoms with E-state index in [-0.39, 0.29) is 34.8 Å². The first-order valence-corrected chi connectivity index (χ1v) is 10.3. The summed E-state index contributed by atoms with van der Waals surface area (Å²) < 4.78 is 105. The first-order chi connectivity index (χ1) is 14.6. The number of alkyl halides is 6. The zero-order valence-electron chi connectivity index (χ0n) is 16.3. The van der Waals surface area contributed by atoms with Gasteiger partial charge in [-0.05, 0) is 29.8 Å². The molecule has 0 spiro atoms. The molecule has 2 aromatic carbocycles. The van der Waals surface area contributed by atoms with E-state index in [0.29, 0.717) is 0 Å². The van der Waals surface area contributed by atoms with Crippen LogP contribution in [0.3, 0.4) is 0 Å². The molecule has 0 saturated heterocycles. The first kappa shape index (κ1) is 25.5. The van der Waals surface area contributed by atoms with E-state index in [9.17, 15) is 44.9 Å². The average molecular weight is 485 g/mol. The zero-order chi connectivity index (χ0) is 24.5. The molecule has 0 amide bonds. The molecule has 0 bridgehead atoms. The molecule has 0 aromatic heterocycles. The zero-order valence-corrected chi connectivity index (χ0v) is 17.1. The fraction of sp³-hybridized carbons (Fsp3) is 0.333. The van der Waals surface area contributed by atoms with Gasteiger partial charge in [-0.15, -0.1) is 0 Å². The second kappa shape index (κ2) is 9.03. The molecule has 0 aliphatic carbocycles. The number of likely N-dealkylation sites (N-methyl/N-ethyl adjacent to an activating group) is 1. The van der Waals surface area contributed by atoms with Gasteiger partial charge in [-0.2, -0.15) is 30.6 Å². The maximum atomic E-state index is 13.2. The third-order valence-corrected chi connectivity index (χ3v) is 6.48. The van der Waals surface area contributed by atoms with E-state index >= 15 is 0 Å². The lowest BCUT2D eigenvalue weighted by Gasteiger charge is -2.25. The number of rotatable bonds is 7. The molecule has 0 heterocycles. The molecule has 14 heteroatoms. The lowest BCUT2D eigenvalue weighted by atomic mass is 9.99. The molecule has 2 rings (SSSR count). The maximum Gasteiger partial charge on any atom is 0.417 e. The van der Waals surface area contributed by atoms with Crippen molar-refractivity contribution in [1.29, 1.82) is 0 Å². The summed E-state index contributed by atoms with van der Waals surface area (Å²) in [5, 5.41) is 10.7. The molecule has 0 fully saturated rings. The van der Waals surface area contributed by atoms with Gasteiger partial charge in [0.25, 0.3) is 5.69 Å². The number of nitrogens with zero attached hydrogens (tertiary/aromatic N) is 2. The Balaban J connectivity index is 2.37. The van der Waals surface area contributed by atoms with Gasteiger partial charge >= 0.3 is 12.4 Å². The molecule has 2 aromatic rings. The summed E-state index contributed by atoms with van der Waals surface area (Å²) >= 11 is 0. The Morgan fingerprint density at radius 3 is 1.97 bits per heavy atom. The van der Waals surface area contributed by atoms with Crippen LogP contribution in [0, 0.1) is 10.1 Å². The summed E-state index contributed by atoms with van der Waals surface area (Å²) in [6, 6.07) is 3.78. The van der Waals surface area contributed by atoms with Gasteiger partial charge in [0.15, 0.2) is 0 Å². The molecule has 7 nitrogen and oxygen atoms in total. The van der Waals surface area contributed by atoms with Crippen molar-refractivity contribution in [3.05, 3.63) is 69.3 Å². The third kappa shape index (κ3) is 5.55. The quantitative estimate of drug-likeness (QED) is 0.357. The second-order valence-electron chi connectivity index (χ2n) is 6.61. The highest BCUT2D eigenvalue weighted by Crippen LogP contribution is 2.41. The van der Waals surface area contributed by atoms with E-state index in [0.717, 1.165) is 34.6 Å². The molecule has 1 unspecified atom stereocenters. The van der Waals surface area contributed by atoms with E-state index < -0.39 is 51.0 Å². The smallest absolute Gasteiger partial charge is 0.323 e. The van der Waals surface area contributed by atoms with Crippen LogP contribution in [0.4, 0.5) is 32.0 Å². The van der Waals surface area contributed by atoms with Crippen molar-refractivity contribution in [2.24, 2.45) is 5.73 Å². The Morgan fingerprint density at radius 2 is 1.53 bits per heavy atom. The van der Waals surface area contributed by atoms with Crippen LogP contribution in [0.25, 0.3) is 0 Å². The van der Waals surface area contributed by atoms with Gasteiger partial charge in [0.1, 0.15) is 0 Å². The number of benzene rings is 2. The Morgan fingerprint density at radius 1 is 1.00 bits per heavy atom. The largest absolute Gasteiger partial charge is 0.417 e. The number of halogens is 6. The number of nitro benzene ring substituents is 1. The van der Waals surface area contributed by atoms with E-state index in [2.05, 4.69) is 0 Å². The highest BCUT2D eigenvalue weighted by molar-refractivity contribution is 7.89. The number of nitro groups is 1. The van der Waals surface area contributed by atoms with Gasteiger partial charge in [0.05, 0.1) is 20.9 Å². The summed E-state index contributed by atoms with van der Waals surface area (Å²) in [4.78, 5) is 9.67. The van der Waals surface area contributed by atoms with Crippen molar-refractivity contribution in [2.75, 3.05) is 13.1 Å². The lowest BCUT2D eigenvalue weighted by Crippen LogP contribution is -2.37. The Labute approximate surface area is 178 Å². The maximum absolute atomic E-state index is 13.2. The standard InChI is InChI=1S/C18H17F6N3O4S/c1-2-26(32(30,31)13-6-4-12(5-7-13)27(28)29)10-16(25)11-3-8-14(17(19,20)21)15(9-11)18(22,23)24/h3-9,16H,2,10,25H2,1H3. The normalized spacial score (nSPS) is 13.9. The summed E-state index contributed by atoms with van der Waals surface area (Å²) in [6.45, 7) is 0.710. The molecule has 0 aliphatic heterocycles. The van der Waals surface area contributed by atoms with E-state index in [1.54, 1.807) is 0 Å². The SMILES string of the molecule is CCN(CC(N)c1ccc(C(F)(F)F)c(C(F)(F)F)c1)S(=O)(=O)c1ccc([N+](=O)[O-])cc1. The molecular formula is C18H17F6N3O4S. The first-order valence-electron chi connectivity index (χ1n) is 8.87. The fourth-order valence-corrected chi connectivity index (χ4v) is 4.36. The second-order valence-corrected chi connectivity index (χ2v) is 8.55. The van der Waals surface area contributed by atoms with Crippen LogP contribution in [-0.2, 0) is 22.4 Å². The Bertz CT molecular complexity index is 1090. The van der Waals surface area contributed by atoms with Crippen molar-refractivity contribution in [3.8, 4) is 0 Å². The number of sulfonamides is 1. The number of non-ortho nitro benzene ring substituents is 1. The Kier molecular flexibility index (Phi) is 7.21. The molecule has 1 atom stereocenters. The third-order valence-electron chi connectivity index (χ3n) is 4.52. The average Bonchev–Trinajstić information content (AvgIpc) is 2.69. The molecule has 32 heavy (non-hydrogen) atoms. The van der Waals surface area contributed by atoms with Crippen molar-refractivity contribution < 1.29 is 39.7 Å². The summed E-state index contributed by atoms with van der Waals surface area (Å²) in [5.41, 5.74) is 1.33. The van der Waals surface area contributed by atoms with Crippen molar-refractivity contribution in [2.45, 2.75) is 30.2 Å². The highest BCUT2D eigenvalue weighted by Gasteiger charge is 2.43. The molecule has 2 N–H and O–H groups in total. The summed E-state index contributed by atoms with van der Waals surface area (Å²) in [5.74, 6) is 0. The summed E-state index contributed by atoms with van der Waals surface area (Å²) in [6.07, 6.45) is -10.6. The number of hydrogen-bond acceptors (Lipinski definition) is 5. The predicted molar refractivity (Wildman–Crippen MR) is 101 cm³/mol. The van der Waals surface area contributed by atoms with E-state index in [1.165, 1.54) is 6.92 Å². The van der Waals surface area contributed by atoms with Crippen LogP contribution in [0.2, 0.25) is 0 Å². The monoisotopic (exact) mass is 485 g/mol. The van der Waals surface area contributed by atoms with Crippen LogP contribution in [-0.4, -0.2) is 30.7 Å². The molecule has 176 valence electrons. The van der Waals surface area contributed by atoms with Crippen molar-refractivity contribution >= 4 is 15.7 Å². The minimum Gasteiger partial charge on any atom is -0.323 e. The minimum absolute atomic E-state index is 0.167. The highest BCUT2D eigenvalue weighted by atomic mass is 32.2.